The summed E-state index contributed by atoms with van der Waals surface area (Å²) >= 11 is 0. The second kappa shape index (κ2) is 15.0. The molecule has 0 bridgehead atoms. The molecule has 0 fully saturated rings. The van der Waals surface area contributed by atoms with E-state index in [1.54, 1.807) is 0 Å². The van der Waals surface area contributed by atoms with Crippen molar-refractivity contribution in [2.75, 3.05) is 4.90 Å². The van der Waals surface area contributed by atoms with E-state index in [9.17, 15) is 0 Å². The summed E-state index contributed by atoms with van der Waals surface area (Å²) in [7, 11) is 0. The summed E-state index contributed by atoms with van der Waals surface area (Å²) in [5.41, 5.74) is 15.7. The molecule has 0 aliphatic rings. The van der Waals surface area contributed by atoms with Crippen molar-refractivity contribution in [1.82, 2.24) is 0 Å². The van der Waals surface area contributed by atoms with Crippen molar-refractivity contribution in [3.63, 3.8) is 0 Å². The molecule has 0 N–H and O–H groups in total. The van der Waals surface area contributed by atoms with Gasteiger partial charge in [-0.25, -0.2) is 0 Å². The maximum absolute atomic E-state index is 7.09. The summed E-state index contributed by atoms with van der Waals surface area (Å²) in [5.74, 6) is 0. The van der Waals surface area contributed by atoms with Crippen molar-refractivity contribution >= 4 is 82.5 Å². The number of para-hydroxylation sites is 1. The molecule has 3 nitrogen and oxygen atoms in total. The standard InChI is InChI=1S/C62H39NO2/c1-3-13-40(14-4-1)42-23-29-46(30-24-42)63(47-31-25-43(26-32-47)41-15-5-2-6-16-41)48-33-27-44(28-34-48)59-52(55-39-45-17-7-8-18-49(45)50-19-9-10-20-51(50)55)35-36-54-61-58(65-62(54)59)38-37-57-60(61)53-21-11-12-22-56(53)64-57/h1-39H. The van der Waals surface area contributed by atoms with Gasteiger partial charge in [0.05, 0.1) is 0 Å². The summed E-state index contributed by atoms with van der Waals surface area (Å²) < 4.78 is 13.5. The van der Waals surface area contributed by atoms with Crippen LogP contribution in [0.2, 0.25) is 0 Å². The first kappa shape index (κ1) is 36.9. The maximum atomic E-state index is 7.09. The zero-order valence-electron chi connectivity index (χ0n) is 35.3. The van der Waals surface area contributed by atoms with Crippen LogP contribution in [-0.4, -0.2) is 0 Å². The molecular weight excluding hydrogens is 791 g/mol. The van der Waals surface area contributed by atoms with Crippen LogP contribution in [0.15, 0.2) is 245 Å². The first-order valence-corrected chi connectivity index (χ1v) is 22.2. The van der Waals surface area contributed by atoms with E-state index in [1.807, 2.05) is 18.2 Å². The van der Waals surface area contributed by atoms with Gasteiger partial charge in [-0.05, 0) is 127 Å². The van der Waals surface area contributed by atoms with E-state index >= 15 is 0 Å². The number of fused-ring (bicyclic) bond motifs is 10. The van der Waals surface area contributed by atoms with Crippen LogP contribution in [0.3, 0.4) is 0 Å². The van der Waals surface area contributed by atoms with Gasteiger partial charge in [0.15, 0.2) is 0 Å². The Morgan fingerprint density at radius 3 is 1.38 bits per heavy atom. The fraction of sp³-hybridized carbons (Fsp3) is 0. The largest absolute Gasteiger partial charge is 0.456 e. The summed E-state index contributed by atoms with van der Waals surface area (Å²) in [6.07, 6.45) is 0. The van der Waals surface area contributed by atoms with Crippen LogP contribution in [0.4, 0.5) is 17.1 Å². The molecule has 2 heterocycles. The molecule has 65 heavy (non-hydrogen) atoms. The zero-order chi connectivity index (χ0) is 42.8. The first-order valence-electron chi connectivity index (χ1n) is 22.2. The highest BCUT2D eigenvalue weighted by molar-refractivity contribution is 6.28. The van der Waals surface area contributed by atoms with E-state index in [0.29, 0.717) is 0 Å². The molecule has 11 aromatic carbocycles. The molecular formula is C62H39NO2. The van der Waals surface area contributed by atoms with Gasteiger partial charge in [0.25, 0.3) is 0 Å². The third-order valence-electron chi connectivity index (χ3n) is 13.1. The molecule has 13 rings (SSSR count). The molecule has 0 saturated carbocycles. The van der Waals surface area contributed by atoms with Gasteiger partial charge in [0.1, 0.15) is 22.3 Å². The van der Waals surface area contributed by atoms with Crippen molar-refractivity contribution in [3.05, 3.63) is 237 Å². The topological polar surface area (TPSA) is 29.5 Å². The second-order valence-electron chi connectivity index (χ2n) is 16.8. The summed E-state index contributed by atoms with van der Waals surface area (Å²) in [4.78, 5) is 2.34. The summed E-state index contributed by atoms with van der Waals surface area (Å²) in [5, 5.41) is 9.16. The fourth-order valence-electron chi connectivity index (χ4n) is 10.0. The van der Waals surface area contributed by atoms with Crippen molar-refractivity contribution in [3.8, 4) is 44.5 Å². The lowest BCUT2D eigenvalue weighted by Crippen LogP contribution is -2.09. The van der Waals surface area contributed by atoms with Crippen LogP contribution in [0.5, 0.6) is 0 Å². The Bertz CT molecular complexity index is 3820. The summed E-state index contributed by atoms with van der Waals surface area (Å²) in [6, 6.07) is 84.6. The Hall–Kier alpha value is -8.66. The smallest absolute Gasteiger partial charge is 0.143 e. The number of hydrogen-bond donors (Lipinski definition) is 0. The highest BCUT2D eigenvalue weighted by atomic mass is 16.3. The number of hydrogen-bond acceptors (Lipinski definition) is 3. The molecule has 13 aromatic rings. The minimum absolute atomic E-state index is 0.835. The number of furan rings is 2. The normalized spacial score (nSPS) is 11.7. The molecule has 0 amide bonds. The Morgan fingerprint density at radius 2 is 0.754 bits per heavy atom. The Labute approximate surface area is 375 Å². The zero-order valence-corrected chi connectivity index (χ0v) is 35.3. The maximum Gasteiger partial charge on any atom is 0.143 e. The molecule has 304 valence electrons. The van der Waals surface area contributed by atoms with Crippen molar-refractivity contribution in [2.24, 2.45) is 0 Å². The SMILES string of the molecule is c1ccc(-c2ccc(N(c3ccc(-c4ccccc4)cc3)c3ccc(-c4c(-c5cc6ccccc6c6ccccc56)ccc5c4oc4ccc6oc7ccccc7c6c45)cc3)cc2)cc1. The van der Waals surface area contributed by atoms with E-state index in [4.69, 9.17) is 8.83 Å². The van der Waals surface area contributed by atoms with Gasteiger partial charge in [-0.3, -0.25) is 0 Å². The Balaban J connectivity index is 1.02. The lowest BCUT2D eigenvalue weighted by Gasteiger charge is -2.26. The third kappa shape index (κ3) is 6.12. The van der Waals surface area contributed by atoms with Crippen LogP contribution in [0, 0.1) is 0 Å². The molecule has 0 saturated heterocycles. The highest BCUT2D eigenvalue weighted by Gasteiger charge is 2.23. The number of anilines is 3. The first-order chi connectivity index (χ1) is 32.2. The van der Waals surface area contributed by atoms with Gasteiger partial charge in [0, 0.05) is 44.2 Å². The van der Waals surface area contributed by atoms with Gasteiger partial charge in [0.2, 0.25) is 0 Å². The van der Waals surface area contributed by atoms with E-state index in [0.717, 1.165) is 77.6 Å². The number of nitrogens with zero attached hydrogens (tertiary/aromatic N) is 1. The predicted octanol–water partition coefficient (Wildman–Crippen LogP) is 17.9. The van der Waals surface area contributed by atoms with Crippen LogP contribution in [0.25, 0.3) is 110 Å². The minimum Gasteiger partial charge on any atom is -0.456 e. The molecule has 0 atom stereocenters. The quantitative estimate of drug-likeness (QED) is 0.150. The van der Waals surface area contributed by atoms with Crippen LogP contribution in [-0.2, 0) is 0 Å². The summed E-state index contributed by atoms with van der Waals surface area (Å²) in [6.45, 7) is 0. The highest BCUT2D eigenvalue weighted by Crippen LogP contribution is 2.48. The number of rotatable bonds is 7. The van der Waals surface area contributed by atoms with E-state index < -0.39 is 0 Å². The fourth-order valence-corrected chi connectivity index (χ4v) is 10.0. The van der Waals surface area contributed by atoms with Crippen molar-refractivity contribution in [1.29, 1.82) is 0 Å². The van der Waals surface area contributed by atoms with E-state index in [-0.39, 0.29) is 0 Å². The van der Waals surface area contributed by atoms with Crippen molar-refractivity contribution in [2.45, 2.75) is 0 Å². The molecule has 0 unspecified atom stereocenters. The Kier molecular flexibility index (Phi) is 8.53. The van der Waals surface area contributed by atoms with Gasteiger partial charge in [-0.2, -0.15) is 0 Å². The van der Waals surface area contributed by atoms with Gasteiger partial charge in [-0.15, -0.1) is 0 Å². The molecule has 0 radical (unpaired) electrons. The lowest BCUT2D eigenvalue weighted by molar-refractivity contribution is 0.663. The van der Waals surface area contributed by atoms with E-state index in [1.165, 1.54) is 49.4 Å². The monoisotopic (exact) mass is 829 g/mol. The van der Waals surface area contributed by atoms with Crippen molar-refractivity contribution < 1.29 is 8.83 Å². The lowest BCUT2D eigenvalue weighted by atomic mass is 9.87. The minimum atomic E-state index is 0.835. The third-order valence-corrected chi connectivity index (χ3v) is 13.1. The van der Waals surface area contributed by atoms with Gasteiger partial charge >= 0.3 is 0 Å². The van der Waals surface area contributed by atoms with Crippen LogP contribution >= 0.6 is 0 Å². The van der Waals surface area contributed by atoms with E-state index in [2.05, 4.69) is 223 Å². The molecule has 2 aromatic heterocycles. The molecule has 0 aliphatic heterocycles. The molecule has 0 spiro atoms. The van der Waals surface area contributed by atoms with Crippen LogP contribution in [0.1, 0.15) is 0 Å². The average Bonchev–Trinajstić information content (AvgIpc) is 3.96. The predicted molar refractivity (Wildman–Crippen MR) is 272 cm³/mol. The molecule has 0 aliphatic carbocycles. The van der Waals surface area contributed by atoms with Gasteiger partial charge < -0.3 is 13.7 Å². The number of benzene rings is 11. The second-order valence-corrected chi connectivity index (χ2v) is 16.8. The Morgan fingerprint density at radius 1 is 0.277 bits per heavy atom. The average molecular weight is 830 g/mol. The van der Waals surface area contributed by atoms with Crippen LogP contribution < -0.4 is 4.90 Å². The van der Waals surface area contributed by atoms with Gasteiger partial charge in [-0.1, -0.05) is 170 Å². The molecule has 3 heteroatoms.